The first-order valence-corrected chi connectivity index (χ1v) is 20.9. The number of hydrogen-bond acceptors (Lipinski definition) is 10. The lowest BCUT2D eigenvalue weighted by Gasteiger charge is -2.39. The lowest BCUT2D eigenvalue weighted by atomic mass is 9.84. The minimum Gasteiger partial charge on any atom is -0.449 e. The van der Waals surface area contributed by atoms with Gasteiger partial charge in [0.15, 0.2) is 5.82 Å². The van der Waals surface area contributed by atoms with Crippen molar-refractivity contribution in [3.05, 3.63) is 65.9 Å². The predicted octanol–water partition coefficient (Wildman–Crippen LogP) is 6.07. The molecule has 5 heterocycles. The molecule has 2 aromatic carbocycles. The number of piperidine rings is 3. The van der Waals surface area contributed by atoms with Crippen LogP contribution >= 0.6 is 0 Å². The maximum Gasteiger partial charge on any atom is 0.414 e. The zero-order valence-corrected chi connectivity index (χ0v) is 32.8. The fourth-order valence-electron chi connectivity index (χ4n) is 9.28. The normalized spacial score (nSPS) is 24.0. The summed E-state index contributed by atoms with van der Waals surface area (Å²) in [7, 11) is 0. The highest BCUT2D eigenvalue weighted by Gasteiger charge is 2.33. The zero-order chi connectivity index (χ0) is 40.2. The van der Waals surface area contributed by atoms with Crippen LogP contribution in [0.2, 0.25) is 0 Å². The zero-order valence-electron chi connectivity index (χ0n) is 32.8. The quantitative estimate of drug-likeness (QED) is 0.206. The highest BCUT2D eigenvalue weighted by Crippen LogP contribution is 2.34. The van der Waals surface area contributed by atoms with E-state index in [0.29, 0.717) is 53.9 Å². The Hall–Kier alpha value is -5.18. The molecule has 1 atom stereocenters. The van der Waals surface area contributed by atoms with Crippen LogP contribution in [0, 0.1) is 23.5 Å². The Morgan fingerprint density at radius 3 is 2.40 bits per heavy atom. The molecule has 58 heavy (non-hydrogen) atoms. The van der Waals surface area contributed by atoms with Gasteiger partial charge in [-0.1, -0.05) is 18.2 Å². The molecule has 5 aliphatic rings. The van der Waals surface area contributed by atoms with E-state index in [4.69, 9.17) is 4.74 Å². The number of aromatic nitrogens is 2. The highest BCUT2D eigenvalue weighted by molar-refractivity contribution is 6.01. The molecule has 1 aromatic heterocycles. The number of amides is 4. The van der Waals surface area contributed by atoms with Gasteiger partial charge in [0.1, 0.15) is 17.6 Å². The lowest BCUT2D eigenvalue weighted by Crippen LogP contribution is -2.47. The Kier molecular flexibility index (Phi) is 12.1. The second kappa shape index (κ2) is 17.8. The van der Waals surface area contributed by atoms with E-state index in [2.05, 4.69) is 35.7 Å². The van der Waals surface area contributed by atoms with Crippen LogP contribution in [0.5, 0.6) is 0 Å². The third kappa shape index (κ3) is 9.24. The summed E-state index contributed by atoms with van der Waals surface area (Å²) in [5.41, 5.74) is 2.58. The summed E-state index contributed by atoms with van der Waals surface area (Å²) >= 11 is 0. The van der Waals surface area contributed by atoms with E-state index < -0.39 is 18.0 Å². The van der Waals surface area contributed by atoms with Crippen LogP contribution in [-0.2, 0) is 19.1 Å². The van der Waals surface area contributed by atoms with Crippen LogP contribution in [0.1, 0.15) is 82.1 Å². The Balaban J connectivity index is 0.755. The molecule has 4 saturated heterocycles. The van der Waals surface area contributed by atoms with Gasteiger partial charge in [-0.3, -0.25) is 24.6 Å². The van der Waals surface area contributed by atoms with Gasteiger partial charge in [-0.15, -0.1) is 0 Å². The number of rotatable bonds is 10. The number of hydrogen-bond donors (Lipinski definition) is 3. The van der Waals surface area contributed by atoms with Gasteiger partial charge in [0.2, 0.25) is 23.7 Å². The monoisotopic (exact) mass is 798 g/mol. The number of nitrogens with zero attached hydrogens (tertiary/aromatic N) is 5. The Morgan fingerprint density at radius 2 is 1.66 bits per heavy atom. The summed E-state index contributed by atoms with van der Waals surface area (Å²) in [6.07, 6.45) is 8.98. The van der Waals surface area contributed by atoms with E-state index in [0.717, 1.165) is 90.5 Å². The van der Waals surface area contributed by atoms with Crippen LogP contribution in [0.4, 0.5) is 30.9 Å². The molecule has 15 heteroatoms. The fourth-order valence-corrected chi connectivity index (χ4v) is 9.28. The molecule has 5 fully saturated rings. The van der Waals surface area contributed by atoms with Crippen LogP contribution in [0.3, 0.4) is 0 Å². The first kappa shape index (κ1) is 39.6. The molecule has 1 saturated carbocycles. The van der Waals surface area contributed by atoms with E-state index in [9.17, 15) is 23.6 Å². The van der Waals surface area contributed by atoms with E-state index in [1.807, 2.05) is 12.1 Å². The van der Waals surface area contributed by atoms with Crippen molar-refractivity contribution in [1.82, 2.24) is 25.1 Å². The number of cyclic esters (lactones) is 1. The second-order valence-electron chi connectivity index (χ2n) is 16.5. The second-order valence-corrected chi connectivity index (χ2v) is 16.5. The number of nitrogens with one attached hydrogen (secondary N) is 3. The van der Waals surface area contributed by atoms with E-state index in [1.165, 1.54) is 12.3 Å². The van der Waals surface area contributed by atoms with Crippen molar-refractivity contribution in [2.24, 2.45) is 11.8 Å². The number of imide groups is 1. The fraction of sp³-hybridized carbons (Fsp3) is 0.535. The molecule has 8 rings (SSSR count). The number of halogens is 2. The third-order valence-corrected chi connectivity index (χ3v) is 12.6. The number of benzene rings is 2. The van der Waals surface area contributed by atoms with E-state index in [-0.39, 0.29) is 53.5 Å². The summed E-state index contributed by atoms with van der Waals surface area (Å²) in [6.45, 7) is 5.28. The minimum absolute atomic E-state index is 0.00906. The Bertz CT molecular complexity index is 1990. The topological polar surface area (TPSA) is 149 Å². The molecule has 1 aliphatic carbocycles. The van der Waals surface area contributed by atoms with Crippen molar-refractivity contribution in [2.45, 2.75) is 88.6 Å². The summed E-state index contributed by atoms with van der Waals surface area (Å²) in [5.74, 6) is -0.231. The van der Waals surface area contributed by atoms with Gasteiger partial charge in [-0.25, -0.2) is 23.5 Å². The summed E-state index contributed by atoms with van der Waals surface area (Å²) < 4.78 is 35.4. The highest BCUT2D eigenvalue weighted by atomic mass is 19.1. The van der Waals surface area contributed by atoms with Gasteiger partial charge in [0, 0.05) is 61.5 Å². The number of likely N-dealkylation sites (tertiary alicyclic amines) is 2. The molecular weight excluding hydrogens is 747 g/mol. The molecule has 13 nitrogen and oxygen atoms in total. The molecular formula is C43H52F2N8O5. The maximum absolute atomic E-state index is 15.2. The standard InChI is InChI=1S/C43H52F2N8O5/c44-35-24-32(47-37-11-12-38(54)49-40(37)55)9-10-34(35)28-15-18-51(19-16-28)26-27-13-20-52(21-14-27)41(56)29-5-7-31(8-6-29)48-42-46-25-36(45)39(50-42)30-3-1-4-33(23-30)53-17-2-22-58-43(53)57/h1,3-4,9-10,23-25,27-29,31,37,47H,2,5-8,11-22,26H2,(H,46,48,50)(H,49,54,55)/t29-,31-,37-/m1/s1. The Morgan fingerprint density at radius 1 is 0.862 bits per heavy atom. The van der Waals surface area contributed by atoms with Crippen molar-refractivity contribution in [1.29, 1.82) is 0 Å². The first-order chi connectivity index (χ1) is 28.2. The van der Waals surface area contributed by atoms with Gasteiger partial charge in [-0.05, 0) is 119 Å². The van der Waals surface area contributed by atoms with Crippen LogP contribution in [0.25, 0.3) is 11.3 Å². The average molecular weight is 799 g/mol. The summed E-state index contributed by atoms with van der Waals surface area (Å²) in [5, 5.41) is 8.77. The van der Waals surface area contributed by atoms with Gasteiger partial charge >= 0.3 is 6.09 Å². The predicted molar refractivity (Wildman–Crippen MR) is 214 cm³/mol. The minimum atomic E-state index is -0.550. The molecule has 0 bridgehead atoms. The first-order valence-electron chi connectivity index (χ1n) is 20.9. The molecule has 4 amide bonds. The summed E-state index contributed by atoms with van der Waals surface area (Å²) in [6, 6.07) is 11.7. The van der Waals surface area contributed by atoms with Crippen molar-refractivity contribution < 1.29 is 32.7 Å². The summed E-state index contributed by atoms with van der Waals surface area (Å²) in [4.78, 5) is 64.2. The average Bonchev–Trinajstić information content (AvgIpc) is 3.23. The number of ether oxygens (including phenoxy) is 1. The number of anilines is 3. The molecule has 3 aromatic rings. The molecule has 0 unspecified atom stereocenters. The number of carbonyl (C=O) groups excluding carboxylic acids is 4. The Labute approximate surface area is 337 Å². The van der Waals surface area contributed by atoms with Gasteiger partial charge in [0.05, 0.1) is 12.8 Å². The smallest absolute Gasteiger partial charge is 0.414 e. The molecule has 308 valence electrons. The van der Waals surface area contributed by atoms with Gasteiger partial charge < -0.3 is 25.2 Å². The molecule has 0 spiro atoms. The van der Waals surface area contributed by atoms with Crippen molar-refractivity contribution in [3.63, 3.8) is 0 Å². The van der Waals surface area contributed by atoms with Crippen LogP contribution in [-0.4, -0.2) is 102 Å². The van der Waals surface area contributed by atoms with Gasteiger partial charge in [0.25, 0.3) is 0 Å². The van der Waals surface area contributed by atoms with Crippen molar-refractivity contribution in [3.8, 4) is 11.3 Å². The van der Waals surface area contributed by atoms with Crippen molar-refractivity contribution in [2.75, 3.05) is 61.4 Å². The lowest BCUT2D eigenvalue weighted by molar-refractivity contribution is -0.138. The maximum atomic E-state index is 15.2. The number of carbonyl (C=O) groups is 4. The molecule has 3 N–H and O–H groups in total. The third-order valence-electron chi connectivity index (χ3n) is 12.6. The van der Waals surface area contributed by atoms with Crippen molar-refractivity contribution >= 4 is 41.1 Å². The van der Waals surface area contributed by atoms with E-state index in [1.54, 1.807) is 29.2 Å². The molecule has 0 radical (unpaired) electrons. The van der Waals surface area contributed by atoms with Crippen LogP contribution in [0.15, 0.2) is 48.7 Å². The SMILES string of the molecule is O=C1CC[C@@H](Nc2ccc(C3CCN(CC4CCN(C(=O)[C@H]5CC[C@H](Nc6ncc(F)c(-c7cccc(N8CCCOC8=O)c7)n6)CC5)CC4)CC3)c(F)c2)C(=O)N1. The van der Waals surface area contributed by atoms with Gasteiger partial charge in [-0.2, -0.15) is 0 Å². The van der Waals surface area contributed by atoms with E-state index >= 15 is 4.39 Å². The molecule has 4 aliphatic heterocycles. The van der Waals surface area contributed by atoms with Crippen LogP contribution < -0.4 is 20.9 Å². The largest absolute Gasteiger partial charge is 0.449 e.